The fourth-order valence-electron chi connectivity index (χ4n) is 6.16. The minimum atomic E-state index is -1.96. The number of carbonyl (C=O) groups excluding carboxylic acids is 6. The molecule has 1 saturated heterocycles. The number of esters is 2. The second-order valence-electron chi connectivity index (χ2n) is 13.8. The van der Waals surface area contributed by atoms with Crippen molar-refractivity contribution in [2.45, 2.75) is 142 Å². The fourth-order valence-corrected chi connectivity index (χ4v) is 6.33. The molecule has 0 aliphatic carbocycles. The Labute approximate surface area is 329 Å². The number of ketones is 1. The third-order valence-corrected chi connectivity index (χ3v) is 9.77. The molecule has 13 heteroatoms. The van der Waals surface area contributed by atoms with E-state index in [2.05, 4.69) is 12.2 Å². The van der Waals surface area contributed by atoms with E-state index in [0.717, 1.165) is 38.5 Å². The van der Waals surface area contributed by atoms with Gasteiger partial charge in [-0.15, -0.1) is 0 Å². The average molecular weight is 785 g/mol. The molecule has 3 atom stereocenters. The lowest BCUT2D eigenvalue weighted by Crippen LogP contribution is -2.52. The molecule has 0 aromatic heterocycles. The lowest BCUT2D eigenvalue weighted by Gasteiger charge is -2.23. The first-order chi connectivity index (χ1) is 26.6. The molecular weight excluding hydrogens is 728 g/mol. The molecule has 55 heavy (non-hydrogen) atoms. The summed E-state index contributed by atoms with van der Waals surface area (Å²) >= 11 is 6.43. The van der Waals surface area contributed by atoms with Gasteiger partial charge in [0.1, 0.15) is 5.75 Å². The van der Waals surface area contributed by atoms with Crippen molar-refractivity contribution in [3.63, 3.8) is 0 Å². The van der Waals surface area contributed by atoms with Crippen molar-refractivity contribution in [3.8, 4) is 5.75 Å². The predicted octanol–water partition coefficient (Wildman–Crippen LogP) is 9.26. The Morgan fingerprint density at radius 1 is 0.800 bits per heavy atom. The highest BCUT2D eigenvalue weighted by molar-refractivity contribution is 6.34. The van der Waals surface area contributed by atoms with Crippen LogP contribution in [0, 0.1) is 0 Å². The van der Waals surface area contributed by atoms with Gasteiger partial charge in [-0.25, -0.2) is 19.3 Å². The summed E-state index contributed by atoms with van der Waals surface area (Å²) < 4.78 is 21.6. The molecule has 1 heterocycles. The van der Waals surface area contributed by atoms with E-state index in [-0.39, 0.29) is 41.3 Å². The number of imide groups is 1. The third-order valence-electron chi connectivity index (χ3n) is 9.44. The molecule has 3 unspecified atom stereocenters. The number of halogens is 1. The van der Waals surface area contributed by atoms with Gasteiger partial charge < -0.3 is 24.3 Å². The molecule has 1 aliphatic rings. The highest BCUT2D eigenvalue weighted by Crippen LogP contribution is 2.28. The number of hydrogen-bond acceptors (Lipinski definition) is 10. The number of benzene rings is 2. The number of rotatable bonds is 26. The highest BCUT2D eigenvalue weighted by Gasteiger charge is 2.49. The molecular formula is C42H57ClN2O10. The van der Waals surface area contributed by atoms with E-state index >= 15 is 0 Å². The largest absolute Gasteiger partial charge is 0.497 e. The van der Waals surface area contributed by atoms with E-state index in [0.29, 0.717) is 23.5 Å². The van der Waals surface area contributed by atoms with Crippen LogP contribution < -0.4 is 10.1 Å². The number of hydrogen-bond donors (Lipinski definition) is 1. The zero-order valence-electron chi connectivity index (χ0n) is 32.7. The number of nitrogens with one attached hydrogen (secondary N) is 1. The zero-order chi connectivity index (χ0) is 40.2. The number of carbonyl (C=O) groups is 6. The van der Waals surface area contributed by atoms with Crippen LogP contribution in [0.15, 0.2) is 42.5 Å². The first-order valence-electron chi connectivity index (χ1n) is 19.8. The van der Waals surface area contributed by atoms with Crippen LogP contribution in [-0.2, 0) is 28.6 Å². The Morgan fingerprint density at radius 2 is 1.40 bits per heavy atom. The van der Waals surface area contributed by atoms with Crippen molar-refractivity contribution in [1.29, 1.82) is 0 Å². The summed E-state index contributed by atoms with van der Waals surface area (Å²) in [4.78, 5) is 81.1. The summed E-state index contributed by atoms with van der Waals surface area (Å²) in [5.74, 6) is -3.77. The van der Waals surface area contributed by atoms with Gasteiger partial charge in [-0.3, -0.25) is 14.4 Å². The van der Waals surface area contributed by atoms with Gasteiger partial charge >= 0.3 is 18.0 Å². The number of Topliss-reactive ketones (excluding diaryl/α,β-unsaturated/α-hetero) is 1. The monoisotopic (exact) mass is 784 g/mol. The van der Waals surface area contributed by atoms with Gasteiger partial charge in [-0.05, 0) is 74.6 Å². The summed E-state index contributed by atoms with van der Waals surface area (Å²) in [6, 6.07) is 7.80. The summed E-state index contributed by atoms with van der Waals surface area (Å²) in [7, 11) is 1.45. The van der Waals surface area contributed by atoms with Crippen LogP contribution in [0.4, 0.5) is 10.5 Å². The average Bonchev–Trinajstić information content (AvgIpc) is 3.46. The third kappa shape index (κ3) is 14.0. The van der Waals surface area contributed by atoms with E-state index in [1.165, 1.54) is 88.1 Å². The summed E-state index contributed by atoms with van der Waals surface area (Å²) in [5, 5.41) is 2.51. The van der Waals surface area contributed by atoms with E-state index in [1.54, 1.807) is 0 Å². The molecule has 3 rings (SSSR count). The molecule has 3 amide bonds. The fraction of sp³-hybridized carbons (Fsp3) is 0.571. The molecule has 302 valence electrons. The first-order valence-corrected chi connectivity index (χ1v) is 20.1. The van der Waals surface area contributed by atoms with Crippen LogP contribution in [0.1, 0.15) is 144 Å². The summed E-state index contributed by atoms with van der Waals surface area (Å²) in [6.45, 7) is 6.30. The quantitative estimate of drug-likeness (QED) is 0.0321. The molecule has 0 spiro atoms. The smallest absolute Gasteiger partial charge is 0.418 e. The molecule has 0 bridgehead atoms. The van der Waals surface area contributed by atoms with Gasteiger partial charge in [0.25, 0.3) is 11.8 Å². The minimum Gasteiger partial charge on any atom is -0.497 e. The van der Waals surface area contributed by atoms with Gasteiger partial charge in [0, 0.05) is 5.56 Å². The first kappa shape index (κ1) is 44.9. The normalized spacial score (nSPS) is 14.9. The number of cyclic esters (lactones) is 1. The second-order valence-corrected chi connectivity index (χ2v) is 14.2. The maximum atomic E-state index is 13.9. The van der Waals surface area contributed by atoms with Crippen molar-refractivity contribution in [2.75, 3.05) is 19.0 Å². The van der Waals surface area contributed by atoms with Crippen molar-refractivity contribution < 1.29 is 47.7 Å². The van der Waals surface area contributed by atoms with Crippen LogP contribution in [-0.4, -0.2) is 72.5 Å². The number of ether oxygens (including phenoxy) is 4. The van der Waals surface area contributed by atoms with E-state index < -0.39 is 53.9 Å². The Morgan fingerprint density at radius 3 is 2.02 bits per heavy atom. The Kier molecular flexibility index (Phi) is 19.7. The van der Waals surface area contributed by atoms with E-state index in [1.807, 2.05) is 13.8 Å². The maximum absolute atomic E-state index is 13.9. The lowest BCUT2D eigenvalue weighted by atomic mass is 10.0. The minimum absolute atomic E-state index is 0.00451. The van der Waals surface area contributed by atoms with Crippen molar-refractivity contribution in [2.24, 2.45) is 0 Å². The van der Waals surface area contributed by atoms with E-state index in [4.69, 9.17) is 30.5 Å². The molecule has 2 aromatic rings. The second kappa shape index (κ2) is 24.1. The van der Waals surface area contributed by atoms with Crippen LogP contribution in [0.25, 0.3) is 0 Å². The molecule has 1 N–H and O–H groups in total. The topological polar surface area (TPSA) is 155 Å². The molecule has 1 fully saturated rings. The van der Waals surface area contributed by atoms with Crippen LogP contribution in [0.3, 0.4) is 0 Å². The Bertz CT molecular complexity index is 1580. The molecule has 0 saturated carbocycles. The van der Waals surface area contributed by atoms with Crippen LogP contribution in [0.2, 0.25) is 5.02 Å². The van der Waals surface area contributed by atoms with Gasteiger partial charge in [0.05, 0.1) is 30.0 Å². The predicted molar refractivity (Wildman–Crippen MR) is 209 cm³/mol. The van der Waals surface area contributed by atoms with Gasteiger partial charge in [0.2, 0.25) is 0 Å². The standard InChI is InChI=1S/C42H57ClN2O10/c1-5-8-11-12-13-14-15-16-17-18-27-53-41(50)35(20-10-7-3)54-40(49)30-23-26-32(43)33(28-30)44-38(47)36(37(46)29-21-24-31(52-4)25-22-29)45-39(48)34(19-9-6-2)55-42(45)51/h21-26,28,34-36H,5-20,27H2,1-4H3,(H,44,47). The molecule has 0 radical (unpaired) electrons. The van der Waals surface area contributed by atoms with Crippen LogP contribution >= 0.6 is 11.6 Å². The lowest BCUT2D eigenvalue weighted by molar-refractivity contribution is -0.154. The summed E-state index contributed by atoms with van der Waals surface area (Å²) in [5.41, 5.74) is -0.108. The number of amides is 3. The van der Waals surface area contributed by atoms with Crippen molar-refractivity contribution >= 4 is 52.9 Å². The van der Waals surface area contributed by atoms with Gasteiger partial charge in [-0.2, -0.15) is 0 Å². The number of anilines is 1. The Balaban J connectivity index is 1.71. The van der Waals surface area contributed by atoms with Gasteiger partial charge in [-0.1, -0.05) is 103 Å². The van der Waals surface area contributed by atoms with Gasteiger partial charge in [0.15, 0.2) is 24.0 Å². The Hall–Kier alpha value is -4.45. The number of nitrogens with zero attached hydrogens (tertiary/aromatic N) is 1. The SMILES string of the molecule is CCCCCCCCCCCCOC(=O)C(CCCC)OC(=O)c1ccc(Cl)c(NC(=O)C(C(=O)c2ccc(OC)cc2)N2C(=O)OC(CCCC)C2=O)c1. The zero-order valence-corrected chi connectivity index (χ0v) is 33.5. The summed E-state index contributed by atoms with van der Waals surface area (Å²) in [6.07, 6.45) is 11.2. The van der Waals surface area contributed by atoms with Crippen LogP contribution in [0.5, 0.6) is 5.75 Å². The molecule has 12 nitrogen and oxygen atoms in total. The van der Waals surface area contributed by atoms with Crippen molar-refractivity contribution in [1.82, 2.24) is 4.90 Å². The molecule has 1 aliphatic heterocycles. The maximum Gasteiger partial charge on any atom is 0.418 e. The van der Waals surface area contributed by atoms with Crippen molar-refractivity contribution in [3.05, 3.63) is 58.6 Å². The number of methoxy groups -OCH3 is 1. The number of unbranched alkanes of at least 4 members (excludes halogenated alkanes) is 11. The van der Waals surface area contributed by atoms with E-state index in [9.17, 15) is 28.8 Å². The highest BCUT2D eigenvalue weighted by atomic mass is 35.5. The molecule has 2 aromatic carbocycles.